The van der Waals surface area contributed by atoms with Gasteiger partial charge in [-0.15, -0.1) is 11.3 Å². The Bertz CT molecular complexity index is 891. The smallest absolute Gasteiger partial charge is 0.355 e. The Morgan fingerprint density at radius 1 is 1.33 bits per heavy atom. The molecule has 0 saturated carbocycles. The molecule has 1 aromatic carbocycles. The van der Waals surface area contributed by atoms with Crippen molar-refractivity contribution in [2.45, 2.75) is 64.0 Å². The van der Waals surface area contributed by atoms with E-state index in [9.17, 15) is 14.7 Å². The van der Waals surface area contributed by atoms with Gasteiger partial charge in [0, 0.05) is 23.5 Å². The molecular weight excluding hydrogens is 400 g/mol. The van der Waals surface area contributed by atoms with Gasteiger partial charge in [0.2, 0.25) is 5.91 Å². The van der Waals surface area contributed by atoms with Crippen molar-refractivity contribution in [1.82, 2.24) is 4.98 Å². The molecule has 2 aromatic rings. The van der Waals surface area contributed by atoms with Crippen molar-refractivity contribution in [3.05, 3.63) is 52.0 Å². The molecule has 0 aliphatic carbocycles. The summed E-state index contributed by atoms with van der Waals surface area (Å²) in [7, 11) is 0. The molecule has 1 amide bonds. The average Bonchev–Trinajstić information content (AvgIpc) is 3.35. The lowest BCUT2D eigenvalue weighted by Gasteiger charge is -2.24. The van der Waals surface area contributed by atoms with Crippen LogP contribution in [-0.4, -0.2) is 33.1 Å². The number of aromatic carboxylic acids is 1. The van der Waals surface area contributed by atoms with E-state index in [1.165, 1.54) is 16.7 Å². The maximum absolute atomic E-state index is 12.5. The fraction of sp³-hybridized carbons (Fsp3) is 0.435. The minimum Gasteiger partial charge on any atom is -0.476 e. The SMILES string of the molecule is CCCCC[C@H](O)c1ccc(N2C(=O)CC[C@@H]2CC=Cc2nc(C(=O)O)cs2)cc1. The quantitative estimate of drug-likeness (QED) is 0.517. The molecule has 0 bridgehead atoms. The molecule has 2 atom stereocenters. The predicted octanol–water partition coefficient (Wildman–Crippen LogP) is 5.05. The second kappa shape index (κ2) is 10.5. The van der Waals surface area contributed by atoms with E-state index in [4.69, 9.17) is 5.11 Å². The van der Waals surface area contributed by atoms with Gasteiger partial charge in [0.1, 0.15) is 5.01 Å². The van der Waals surface area contributed by atoms with E-state index in [1.54, 1.807) is 0 Å². The number of hydrogen-bond donors (Lipinski definition) is 2. The number of carboxylic acids is 1. The van der Waals surface area contributed by atoms with Crippen LogP contribution < -0.4 is 4.90 Å². The molecule has 0 unspecified atom stereocenters. The summed E-state index contributed by atoms with van der Waals surface area (Å²) in [6, 6.07) is 7.71. The molecule has 6 nitrogen and oxygen atoms in total. The van der Waals surface area contributed by atoms with Crippen molar-refractivity contribution in [3.63, 3.8) is 0 Å². The number of thiazole rings is 1. The molecule has 160 valence electrons. The molecule has 1 saturated heterocycles. The van der Waals surface area contributed by atoms with Gasteiger partial charge in [0.15, 0.2) is 5.69 Å². The molecule has 0 spiro atoms. The fourth-order valence-corrected chi connectivity index (χ4v) is 4.43. The van der Waals surface area contributed by atoms with Crippen LogP contribution in [0.3, 0.4) is 0 Å². The molecular formula is C23H28N2O4S. The molecule has 7 heteroatoms. The van der Waals surface area contributed by atoms with Crippen molar-refractivity contribution in [2.24, 2.45) is 0 Å². The van der Waals surface area contributed by atoms with Crippen molar-refractivity contribution in [1.29, 1.82) is 0 Å². The number of carbonyl (C=O) groups excluding carboxylic acids is 1. The summed E-state index contributed by atoms with van der Waals surface area (Å²) in [6.07, 6.45) is 9.27. The van der Waals surface area contributed by atoms with Crippen LogP contribution in [-0.2, 0) is 4.79 Å². The van der Waals surface area contributed by atoms with Crippen LogP contribution in [0.15, 0.2) is 35.7 Å². The maximum Gasteiger partial charge on any atom is 0.355 e. The lowest BCUT2D eigenvalue weighted by Crippen LogP contribution is -2.32. The number of nitrogens with zero attached hydrogens (tertiary/aromatic N) is 2. The number of carbonyl (C=O) groups is 2. The van der Waals surface area contributed by atoms with Gasteiger partial charge in [-0.2, -0.15) is 0 Å². The van der Waals surface area contributed by atoms with Crippen molar-refractivity contribution >= 4 is 35.0 Å². The highest BCUT2D eigenvalue weighted by Gasteiger charge is 2.31. The van der Waals surface area contributed by atoms with Crippen LogP contribution in [0, 0.1) is 0 Å². The monoisotopic (exact) mass is 428 g/mol. The van der Waals surface area contributed by atoms with E-state index >= 15 is 0 Å². The Morgan fingerprint density at radius 3 is 2.77 bits per heavy atom. The summed E-state index contributed by atoms with van der Waals surface area (Å²) in [5.41, 5.74) is 1.79. The summed E-state index contributed by atoms with van der Waals surface area (Å²) >= 11 is 1.29. The molecule has 1 aliphatic heterocycles. The second-order valence-corrected chi connectivity index (χ2v) is 8.46. The van der Waals surface area contributed by atoms with Gasteiger partial charge in [-0.1, -0.05) is 44.4 Å². The van der Waals surface area contributed by atoms with E-state index in [-0.39, 0.29) is 17.6 Å². The lowest BCUT2D eigenvalue weighted by molar-refractivity contribution is -0.117. The van der Waals surface area contributed by atoms with Gasteiger partial charge >= 0.3 is 5.97 Å². The normalized spacial score (nSPS) is 17.7. The van der Waals surface area contributed by atoms with E-state index in [1.807, 2.05) is 41.3 Å². The largest absolute Gasteiger partial charge is 0.476 e. The van der Waals surface area contributed by atoms with E-state index in [0.717, 1.165) is 43.4 Å². The summed E-state index contributed by atoms with van der Waals surface area (Å²) in [5, 5.41) is 21.5. The topological polar surface area (TPSA) is 90.7 Å². The lowest BCUT2D eigenvalue weighted by atomic mass is 10.0. The Labute approximate surface area is 180 Å². The molecule has 3 rings (SSSR count). The highest BCUT2D eigenvalue weighted by atomic mass is 32.1. The summed E-state index contributed by atoms with van der Waals surface area (Å²) in [6.45, 7) is 2.14. The molecule has 2 heterocycles. The highest BCUT2D eigenvalue weighted by molar-refractivity contribution is 7.10. The molecule has 1 aliphatic rings. The Balaban J connectivity index is 1.62. The zero-order valence-corrected chi connectivity index (χ0v) is 18.0. The first-order valence-electron chi connectivity index (χ1n) is 10.4. The van der Waals surface area contributed by atoms with Crippen LogP contribution in [0.4, 0.5) is 5.69 Å². The van der Waals surface area contributed by atoms with Gasteiger partial charge in [0.05, 0.1) is 6.10 Å². The summed E-state index contributed by atoms with van der Waals surface area (Å²) in [5.74, 6) is -0.926. The van der Waals surface area contributed by atoms with Crippen LogP contribution in [0.5, 0.6) is 0 Å². The number of unbranched alkanes of at least 4 members (excludes halogenated alkanes) is 2. The molecule has 1 aromatic heterocycles. The Hall–Kier alpha value is -2.51. The maximum atomic E-state index is 12.5. The van der Waals surface area contributed by atoms with Gasteiger partial charge in [-0.25, -0.2) is 9.78 Å². The zero-order chi connectivity index (χ0) is 21.5. The van der Waals surface area contributed by atoms with E-state index < -0.39 is 12.1 Å². The third kappa shape index (κ3) is 5.55. The minimum absolute atomic E-state index is 0.0503. The number of benzene rings is 1. The molecule has 0 radical (unpaired) electrons. The van der Waals surface area contributed by atoms with Gasteiger partial charge in [-0.05, 0) is 43.0 Å². The second-order valence-electron chi connectivity index (χ2n) is 7.57. The number of aromatic nitrogens is 1. The van der Waals surface area contributed by atoms with Gasteiger partial charge in [-0.3, -0.25) is 4.79 Å². The van der Waals surface area contributed by atoms with Crippen molar-refractivity contribution in [2.75, 3.05) is 4.90 Å². The standard InChI is InChI=1S/C23H28N2O4S/c1-2-3-4-7-20(26)16-9-11-18(12-10-16)25-17(13-14-22(25)27)6-5-8-21-24-19(15-30-21)23(28)29/h5,8-12,15,17,20,26H,2-4,6-7,13-14H2,1H3,(H,28,29)/t17-,20-/m0/s1. The first kappa shape index (κ1) is 22.2. The number of anilines is 1. The summed E-state index contributed by atoms with van der Waals surface area (Å²) < 4.78 is 0. The first-order chi connectivity index (χ1) is 14.5. The van der Waals surface area contributed by atoms with Crippen molar-refractivity contribution < 1.29 is 19.8 Å². The van der Waals surface area contributed by atoms with Crippen LogP contribution in [0.1, 0.15) is 79.0 Å². The van der Waals surface area contributed by atoms with Crippen LogP contribution in [0.25, 0.3) is 6.08 Å². The number of carboxylic acid groups (broad SMARTS) is 1. The van der Waals surface area contributed by atoms with Crippen LogP contribution >= 0.6 is 11.3 Å². The van der Waals surface area contributed by atoms with E-state index in [2.05, 4.69) is 11.9 Å². The van der Waals surface area contributed by atoms with Gasteiger partial charge in [0.25, 0.3) is 0 Å². The molecule has 1 fully saturated rings. The molecule has 2 N–H and O–H groups in total. The third-order valence-electron chi connectivity index (χ3n) is 5.37. The van der Waals surface area contributed by atoms with Crippen LogP contribution in [0.2, 0.25) is 0 Å². The first-order valence-corrected chi connectivity index (χ1v) is 11.3. The number of aliphatic hydroxyl groups is 1. The third-order valence-corrected chi connectivity index (χ3v) is 6.18. The van der Waals surface area contributed by atoms with Crippen molar-refractivity contribution in [3.8, 4) is 0 Å². The molecule has 30 heavy (non-hydrogen) atoms. The highest BCUT2D eigenvalue weighted by Crippen LogP contribution is 2.30. The Morgan fingerprint density at radius 2 is 2.10 bits per heavy atom. The van der Waals surface area contributed by atoms with Gasteiger partial charge < -0.3 is 15.1 Å². The fourth-order valence-electron chi connectivity index (χ4n) is 3.72. The number of aliphatic hydroxyl groups excluding tert-OH is 1. The average molecular weight is 429 g/mol. The number of amides is 1. The Kier molecular flexibility index (Phi) is 7.76. The zero-order valence-electron chi connectivity index (χ0n) is 17.2. The number of rotatable bonds is 10. The minimum atomic E-state index is -1.03. The predicted molar refractivity (Wildman–Crippen MR) is 119 cm³/mol. The number of hydrogen-bond acceptors (Lipinski definition) is 5. The van der Waals surface area contributed by atoms with E-state index in [0.29, 0.717) is 17.8 Å². The summed E-state index contributed by atoms with van der Waals surface area (Å²) in [4.78, 5) is 29.3.